The SMILES string of the molecule is C=C[C@H]1CN2CC[C@H]1C[C@@H]2[C@@H](O)c1ccnc2ccccc12.CC(=O)O. The molecule has 26 heavy (non-hydrogen) atoms. The molecule has 1 aromatic heterocycles. The predicted molar refractivity (Wildman–Crippen MR) is 102 cm³/mol. The lowest BCUT2D eigenvalue weighted by Crippen LogP contribution is -2.54. The fourth-order valence-corrected chi connectivity index (χ4v) is 4.29. The van der Waals surface area contributed by atoms with E-state index >= 15 is 0 Å². The Kier molecular flexibility index (Phi) is 5.69. The van der Waals surface area contributed by atoms with Gasteiger partial charge in [0, 0.05) is 31.1 Å². The van der Waals surface area contributed by atoms with E-state index in [0.29, 0.717) is 11.8 Å². The highest BCUT2D eigenvalue weighted by atomic mass is 16.4. The Labute approximate surface area is 154 Å². The molecule has 2 N–H and O–H groups in total. The van der Waals surface area contributed by atoms with Crippen LogP contribution in [-0.2, 0) is 4.79 Å². The van der Waals surface area contributed by atoms with Crippen molar-refractivity contribution in [3.05, 3.63) is 54.7 Å². The number of piperidine rings is 3. The average Bonchev–Trinajstić information content (AvgIpc) is 2.66. The summed E-state index contributed by atoms with van der Waals surface area (Å²) in [5, 5.41) is 19.5. The van der Waals surface area contributed by atoms with E-state index in [4.69, 9.17) is 9.90 Å². The molecule has 0 aliphatic carbocycles. The van der Waals surface area contributed by atoms with Crippen molar-refractivity contribution in [2.75, 3.05) is 13.1 Å². The van der Waals surface area contributed by atoms with E-state index in [1.165, 1.54) is 6.42 Å². The van der Waals surface area contributed by atoms with Crippen LogP contribution in [0.25, 0.3) is 10.9 Å². The molecule has 5 rings (SSSR count). The Bertz CT molecular complexity index is 782. The molecule has 3 aliphatic rings. The number of carboxylic acids is 1. The van der Waals surface area contributed by atoms with Crippen LogP contribution in [0.5, 0.6) is 0 Å². The van der Waals surface area contributed by atoms with Crippen LogP contribution < -0.4 is 0 Å². The van der Waals surface area contributed by atoms with Crippen molar-refractivity contribution in [2.24, 2.45) is 11.8 Å². The minimum absolute atomic E-state index is 0.223. The average molecular weight is 354 g/mol. The van der Waals surface area contributed by atoms with Crippen LogP contribution in [0.3, 0.4) is 0 Å². The summed E-state index contributed by atoms with van der Waals surface area (Å²) in [4.78, 5) is 15.9. The van der Waals surface area contributed by atoms with Crippen LogP contribution in [0.15, 0.2) is 49.2 Å². The first-order valence-corrected chi connectivity index (χ1v) is 9.09. The first-order chi connectivity index (χ1) is 12.5. The Morgan fingerprint density at radius 2 is 2.12 bits per heavy atom. The lowest BCUT2D eigenvalue weighted by Gasteiger charge is -2.50. The van der Waals surface area contributed by atoms with Crippen molar-refractivity contribution in [3.63, 3.8) is 0 Å². The van der Waals surface area contributed by atoms with Gasteiger partial charge in [-0.25, -0.2) is 0 Å². The quantitative estimate of drug-likeness (QED) is 0.828. The van der Waals surface area contributed by atoms with Crippen LogP contribution in [0.2, 0.25) is 0 Å². The van der Waals surface area contributed by atoms with E-state index in [1.54, 1.807) is 0 Å². The summed E-state index contributed by atoms with van der Waals surface area (Å²) in [5.74, 6) is 0.432. The largest absolute Gasteiger partial charge is 0.481 e. The zero-order valence-corrected chi connectivity index (χ0v) is 15.1. The number of benzene rings is 1. The van der Waals surface area contributed by atoms with Crippen molar-refractivity contribution in [2.45, 2.75) is 31.9 Å². The van der Waals surface area contributed by atoms with Crippen LogP contribution in [0, 0.1) is 11.8 Å². The number of carboxylic acid groups (broad SMARTS) is 1. The van der Waals surface area contributed by atoms with E-state index in [1.807, 2.05) is 30.5 Å². The van der Waals surface area contributed by atoms with Crippen LogP contribution in [-0.4, -0.2) is 45.2 Å². The van der Waals surface area contributed by atoms with Gasteiger partial charge in [0.15, 0.2) is 0 Å². The molecule has 2 aromatic rings. The molecule has 3 fully saturated rings. The molecule has 0 spiro atoms. The van der Waals surface area contributed by atoms with Crippen LogP contribution in [0.4, 0.5) is 0 Å². The standard InChI is InChI=1S/C19H22N2O.C2H4O2/c1-2-13-12-21-10-8-14(13)11-18(21)19(22)16-7-9-20-17-6-4-3-5-15(16)17;1-2(3)4/h2-7,9,13-14,18-19,22H,1,8,10-12H2;1H3,(H,3,4)/t13-,14-,18+,19-;/m0./s1. The van der Waals surface area contributed by atoms with Gasteiger partial charge >= 0.3 is 0 Å². The number of aliphatic hydroxyl groups is 1. The third-order valence-corrected chi connectivity index (χ3v) is 5.52. The fraction of sp³-hybridized carbons (Fsp3) is 0.429. The summed E-state index contributed by atoms with van der Waals surface area (Å²) in [7, 11) is 0. The molecule has 5 atom stereocenters. The maximum atomic E-state index is 11.0. The smallest absolute Gasteiger partial charge is 0.300 e. The van der Waals surface area contributed by atoms with Gasteiger partial charge in [0.2, 0.25) is 0 Å². The third-order valence-electron chi connectivity index (χ3n) is 5.52. The first-order valence-electron chi connectivity index (χ1n) is 9.09. The van der Waals surface area contributed by atoms with Crippen molar-refractivity contribution in [1.29, 1.82) is 0 Å². The maximum Gasteiger partial charge on any atom is 0.300 e. The number of fused-ring (bicyclic) bond motifs is 4. The normalized spacial score (nSPS) is 28.1. The molecule has 5 heteroatoms. The second-order valence-corrected chi connectivity index (χ2v) is 7.13. The molecule has 138 valence electrons. The van der Waals surface area contributed by atoms with Crippen molar-refractivity contribution in [3.8, 4) is 0 Å². The molecule has 1 aromatic carbocycles. The molecular weight excluding hydrogens is 328 g/mol. The summed E-state index contributed by atoms with van der Waals surface area (Å²) in [6.45, 7) is 7.20. The number of nitrogens with zero attached hydrogens (tertiary/aromatic N) is 2. The topological polar surface area (TPSA) is 73.7 Å². The second kappa shape index (κ2) is 7.98. The van der Waals surface area contributed by atoms with Gasteiger partial charge in [-0.1, -0.05) is 24.3 Å². The molecule has 0 saturated carbocycles. The molecular formula is C21H26N2O3. The highest BCUT2D eigenvalue weighted by Gasteiger charge is 2.42. The zero-order chi connectivity index (χ0) is 18.7. The van der Waals surface area contributed by atoms with Gasteiger partial charge in [-0.3, -0.25) is 14.7 Å². The molecule has 2 bridgehead atoms. The number of aliphatic hydroxyl groups excluding tert-OH is 1. The van der Waals surface area contributed by atoms with E-state index in [9.17, 15) is 5.11 Å². The van der Waals surface area contributed by atoms with Gasteiger partial charge in [0.25, 0.3) is 5.97 Å². The highest BCUT2D eigenvalue weighted by Crippen LogP contribution is 2.41. The molecule has 0 amide bonds. The molecule has 0 radical (unpaired) electrons. The predicted octanol–water partition coefficient (Wildman–Crippen LogP) is 3.26. The van der Waals surface area contributed by atoms with Crippen molar-refractivity contribution >= 4 is 16.9 Å². The Morgan fingerprint density at radius 3 is 2.77 bits per heavy atom. The number of para-hydroxylation sites is 1. The molecule has 3 aliphatic heterocycles. The van der Waals surface area contributed by atoms with Gasteiger partial charge in [0.05, 0.1) is 11.6 Å². The van der Waals surface area contributed by atoms with Crippen molar-refractivity contribution < 1.29 is 15.0 Å². The second-order valence-electron chi connectivity index (χ2n) is 7.13. The molecule has 3 saturated heterocycles. The number of pyridine rings is 1. The monoisotopic (exact) mass is 354 g/mol. The lowest BCUT2D eigenvalue weighted by molar-refractivity contribution is -0.134. The summed E-state index contributed by atoms with van der Waals surface area (Å²) < 4.78 is 0. The number of hydrogen-bond donors (Lipinski definition) is 2. The van der Waals surface area contributed by atoms with E-state index in [2.05, 4.69) is 28.6 Å². The maximum absolute atomic E-state index is 11.0. The van der Waals surface area contributed by atoms with E-state index in [0.717, 1.165) is 42.9 Å². The van der Waals surface area contributed by atoms with Crippen LogP contribution >= 0.6 is 0 Å². The Morgan fingerprint density at radius 1 is 1.38 bits per heavy atom. The molecule has 1 unspecified atom stereocenters. The number of aromatic nitrogens is 1. The lowest BCUT2D eigenvalue weighted by atomic mass is 9.73. The summed E-state index contributed by atoms with van der Waals surface area (Å²) in [6, 6.07) is 10.3. The van der Waals surface area contributed by atoms with Gasteiger partial charge in [0.1, 0.15) is 0 Å². The minimum atomic E-state index is -0.833. The van der Waals surface area contributed by atoms with E-state index in [-0.39, 0.29) is 6.04 Å². The van der Waals surface area contributed by atoms with Crippen LogP contribution in [0.1, 0.15) is 31.4 Å². The minimum Gasteiger partial charge on any atom is -0.481 e. The highest BCUT2D eigenvalue weighted by molar-refractivity contribution is 5.82. The summed E-state index contributed by atoms with van der Waals surface area (Å²) in [6.07, 6.45) is 5.76. The summed E-state index contributed by atoms with van der Waals surface area (Å²) >= 11 is 0. The number of rotatable bonds is 3. The third kappa shape index (κ3) is 3.79. The number of aliphatic carboxylic acids is 1. The van der Waals surface area contributed by atoms with E-state index < -0.39 is 12.1 Å². The van der Waals surface area contributed by atoms with Gasteiger partial charge < -0.3 is 10.2 Å². The zero-order valence-electron chi connectivity index (χ0n) is 15.1. The van der Waals surface area contributed by atoms with Crippen molar-refractivity contribution in [1.82, 2.24) is 9.88 Å². The van der Waals surface area contributed by atoms with Gasteiger partial charge in [-0.15, -0.1) is 6.58 Å². The first kappa shape index (κ1) is 18.5. The molecule has 4 heterocycles. The number of carbonyl (C=O) groups is 1. The number of hydrogen-bond acceptors (Lipinski definition) is 4. The van der Waals surface area contributed by atoms with Gasteiger partial charge in [-0.05, 0) is 48.9 Å². The van der Waals surface area contributed by atoms with Gasteiger partial charge in [-0.2, -0.15) is 0 Å². The molecule has 5 nitrogen and oxygen atoms in total. The summed E-state index contributed by atoms with van der Waals surface area (Å²) in [5.41, 5.74) is 1.97. The Hall–Kier alpha value is -2.24. The fourth-order valence-electron chi connectivity index (χ4n) is 4.29. The Balaban J connectivity index is 0.000000447.